The Labute approximate surface area is 186 Å². The minimum atomic E-state index is -3.90. The Kier molecular flexibility index (Phi) is 8.88. The lowest BCUT2D eigenvalue weighted by Crippen LogP contribution is -2.48. The zero-order valence-electron chi connectivity index (χ0n) is 17.8. The van der Waals surface area contributed by atoms with Crippen LogP contribution in [0.25, 0.3) is 11.1 Å². The topological polar surface area (TPSA) is 133 Å². The number of benzene rings is 2. The first-order valence-corrected chi connectivity index (χ1v) is 11.5. The summed E-state index contributed by atoms with van der Waals surface area (Å²) in [6.07, 6.45) is 0.106. The predicted octanol–water partition coefficient (Wildman–Crippen LogP) is 2.70. The van der Waals surface area contributed by atoms with Crippen molar-refractivity contribution in [2.45, 2.75) is 43.7 Å². The maximum Gasteiger partial charge on any atom is 0.320 e. The van der Waals surface area contributed by atoms with Crippen LogP contribution < -0.4 is 10.0 Å². The van der Waals surface area contributed by atoms with Gasteiger partial charge >= 0.3 is 11.9 Å². The second-order valence-electron chi connectivity index (χ2n) is 7.80. The van der Waals surface area contributed by atoms with E-state index in [4.69, 9.17) is 0 Å². The molecule has 0 aliphatic carbocycles. The number of sulfonamides is 1. The number of hydrogen-bond acceptors (Lipinski definition) is 5. The smallest absolute Gasteiger partial charge is 0.320 e. The summed E-state index contributed by atoms with van der Waals surface area (Å²) in [5, 5.41) is 21.3. The fraction of sp³-hybridized carbons (Fsp3) is 0.364. The van der Waals surface area contributed by atoms with Crippen LogP contribution >= 0.6 is 0 Å². The van der Waals surface area contributed by atoms with Crippen LogP contribution in [0, 0.1) is 11.7 Å². The van der Waals surface area contributed by atoms with Crippen molar-refractivity contribution in [1.82, 2.24) is 10.0 Å². The Hall–Kier alpha value is -2.82. The zero-order chi connectivity index (χ0) is 23.9. The Morgan fingerprint density at radius 1 is 0.906 bits per heavy atom. The average molecular weight is 467 g/mol. The summed E-state index contributed by atoms with van der Waals surface area (Å²) in [6, 6.07) is 9.49. The fourth-order valence-electron chi connectivity index (χ4n) is 3.12. The van der Waals surface area contributed by atoms with E-state index in [1.807, 2.05) is 13.8 Å². The first-order chi connectivity index (χ1) is 15.0. The van der Waals surface area contributed by atoms with Gasteiger partial charge in [-0.3, -0.25) is 14.9 Å². The van der Waals surface area contributed by atoms with E-state index in [9.17, 15) is 32.6 Å². The number of hydrogen-bond donors (Lipinski definition) is 4. The lowest BCUT2D eigenvalue weighted by Gasteiger charge is -2.21. The van der Waals surface area contributed by atoms with Gasteiger partial charge in [0.05, 0.1) is 4.90 Å². The molecule has 0 spiro atoms. The Morgan fingerprint density at radius 2 is 1.41 bits per heavy atom. The second-order valence-corrected chi connectivity index (χ2v) is 9.56. The molecule has 2 rings (SSSR count). The third kappa shape index (κ3) is 7.40. The van der Waals surface area contributed by atoms with E-state index in [2.05, 4.69) is 10.0 Å². The maximum atomic E-state index is 13.1. The third-order valence-electron chi connectivity index (χ3n) is 4.77. The van der Waals surface area contributed by atoms with Gasteiger partial charge in [-0.15, -0.1) is 0 Å². The molecule has 0 bridgehead atoms. The summed E-state index contributed by atoms with van der Waals surface area (Å²) < 4.78 is 40.5. The van der Waals surface area contributed by atoms with Crippen LogP contribution in [0.4, 0.5) is 4.39 Å². The van der Waals surface area contributed by atoms with Gasteiger partial charge in [-0.05, 0) is 54.2 Å². The molecular formula is C22H27FN2O6S. The normalized spacial score (nSPS) is 13.6. The van der Waals surface area contributed by atoms with Gasteiger partial charge in [-0.2, -0.15) is 0 Å². The van der Waals surface area contributed by atoms with Crippen molar-refractivity contribution in [1.29, 1.82) is 0 Å². The minimum absolute atomic E-state index is 0.00795. The fourth-order valence-corrected chi connectivity index (χ4v) is 4.17. The zero-order valence-corrected chi connectivity index (χ0v) is 18.6. The van der Waals surface area contributed by atoms with Crippen molar-refractivity contribution < 1.29 is 32.6 Å². The molecule has 2 aromatic rings. The second kappa shape index (κ2) is 11.2. The molecule has 0 heterocycles. The van der Waals surface area contributed by atoms with Crippen molar-refractivity contribution in [2.75, 3.05) is 6.54 Å². The van der Waals surface area contributed by atoms with E-state index in [1.54, 1.807) is 24.3 Å². The molecule has 0 radical (unpaired) electrons. The van der Waals surface area contributed by atoms with Crippen molar-refractivity contribution in [3.63, 3.8) is 0 Å². The van der Waals surface area contributed by atoms with Crippen LogP contribution in [0.2, 0.25) is 0 Å². The monoisotopic (exact) mass is 466 g/mol. The summed E-state index contributed by atoms with van der Waals surface area (Å²) in [4.78, 5) is 22.9. The third-order valence-corrected chi connectivity index (χ3v) is 6.25. The first kappa shape index (κ1) is 25.4. The molecule has 0 aliphatic rings. The van der Waals surface area contributed by atoms with Crippen molar-refractivity contribution >= 4 is 22.0 Å². The standard InChI is InChI=1S/C22H27FN2O6S/c1-14(2)13-20(22(28)29)25-19(21(26)27)11-12-24-32(30,31)18-9-5-16(6-10-18)15-3-7-17(23)8-4-15/h3-10,14,19-20,24-25H,11-13H2,1-2H3,(H,26,27)(H,28,29). The highest BCUT2D eigenvalue weighted by molar-refractivity contribution is 7.89. The number of rotatable bonds is 12. The summed E-state index contributed by atoms with van der Waals surface area (Å²) in [6.45, 7) is 3.45. The Morgan fingerprint density at radius 3 is 1.88 bits per heavy atom. The number of halogens is 1. The number of carboxylic acids is 2. The van der Waals surface area contributed by atoms with Gasteiger partial charge in [0.25, 0.3) is 0 Å². The van der Waals surface area contributed by atoms with E-state index >= 15 is 0 Å². The average Bonchev–Trinajstić information content (AvgIpc) is 2.72. The van der Waals surface area contributed by atoms with Crippen LogP contribution in [-0.4, -0.2) is 49.2 Å². The van der Waals surface area contributed by atoms with E-state index in [0.29, 0.717) is 5.56 Å². The largest absolute Gasteiger partial charge is 0.480 e. The molecule has 0 amide bonds. The van der Waals surface area contributed by atoms with Gasteiger partial charge in [0.1, 0.15) is 17.9 Å². The van der Waals surface area contributed by atoms with Gasteiger partial charge in [0.15, 0.2) is 0 Å². The number of carboxylic acid groups (broad SMARTS) is 2. The summed E-state index contributed by atoms with van der Waals surface area (Å²) >= 11 is 0. The SMILES string of the molecule is CC(C)CC(NC(CCNS(=O)(=O)c1ccc(-c2ccc(F)cc2)cc1)C(=O)O)C(=O)O. The molecule has 174 valence electrons. The number of nitrogens with one attached hydrogen (secondary N) is 2. The molecule has 4 N–H and O–H groups in total. The highest BCUT2D eigenvalue weighted by atomic mass is 32.2. The van der Waals surface area contributed by atoms with Crippen LogP contribution in [0.15, 0.2) is 53.4 Å². The van der Waals surface area contributed by atoms with Gasteiger partial charge in [0, 0.05) is 6.54 Å². The molecule has 2 unspecified atom stereocenters. The maximum absolute atomic E-state index is 13.1. The molecule has 0 aliphatic heterocycles. The van der Waals surface area contributed by atoms with Crippen LogP contribution in [-0.2, 0) is 19.6 Å². The van der Waals surface area contributed by atoms with Gasteiger partial charge in [-0.1, -0.05) is 38.1 Å². The molecule has 32 heavy (non-hydrogen) atoms. The lowest BCUT2D eigenvalue weighted by atomic mass is 10.0. The highest BCUT2D eigenvalue weighted by Gasteiger charge is 2.27. The molecule has 10 heteroatoms. The van der Waals surface area contributed by atoms with Crippen molar-refractivity contribution in [3.05, 3.63) is 54.3 Å². The molecule has 0 saturated carbocycles. The quantitative estimate of drug-likeness (QED) is 0.378. The summed E-state index contributed by atoms with van der Waals surface area (Å²) in [7, 11) is -3.90. The van der Waals surface area contributed by atoms with Crippen LogP contribution in [0.3, 0.4) is 0 Å². The number of carbonyl (C=O) groups is 2. The Bertz CT molecular complexity index is 1020. The molecule has 2 aromatic carbocycles. The van der Waals surface area contributed by atoms with Crippen LogP contribution in [0.1, 0.15) is 26.7 Å². The van der Waals surface area contributed by atoms with Gasteiger partial charge in [-0.25, -0.2) is 17.5 Å². The predicted molar refractivity (Wildman–Crippen MR) is 117 cm³/mol. The molecule has 8 nitrogen and oxygen atoms in total. The lowest BCUT2D eigenvalue weighted by molar-refractivity contribution is -0.143. The van der Waals surface area contributed by atoms with E-state index < -0.39 is 34.0 Å². The van der Waals surface area contributed by atoms with Gasteiger partial charge < -0.3 is 10.2 Å². The minimum Gasteiger partial charge on any atom is -0.480 e. The highest BCUT2D eigenvalue weighted by Crippen LogP contribution is 2.21. The van der Waals surface area contributed by atoms with E-state index in [0.717, 1.165) is 5.56 Å². The van der Waals surface area contributed by atoms with Crippen molar-refractivity contribution in [2.24, 2.45) is 5.92 Å². The van der Waals surface area contributed by atoms with E-state index in [1.165, 1.54) is 24.3 Å². The molecule has 0 fully saturated rings. The van der Waals surface area contributed by atoms with Gasteiger partial charge in [0.2, 0.25) is 10.0 Å². The Balaban J connectivity index is 2.00. The number of aliphatic carboxylic acids is 2. The van der Waals surface area contributed by atoms with E-state index in [-0.39, 0.29) is 36.0 Å². The first-order valence-electron chi connectivity index (χ1n) is 10.1. The summed E-state index contributed by atoms with van der Waals surface area (Å²) in [5.74, 6) is -2.76. The van der Waals surface area contributed by atoms with Crippen LogP contribution in [0.5, 0.6) is 0 Å². The molecular weight excluding hydrogens is 439 g/mol. The molecule has 0 aromatic heterocycles. The summed E-state index contributed by atoms with van der Waals surface area (Å²) in [5.41, 5.74) is 1.44. The molecule has 0 saturated heterocycles. The van der Waals surface area contributed by atoms with Crippen molar-refractivity contribution in [3.8, 4) is 11.1 Å². The molecule has 2 atom stereocenters.